The van der Waals surface area contributed by atoms with Crippen molar-refractivity contribution in [2.45, 2.75) is 30.8 Å². The molecule has 3 nitrogen and oxygen atoms in total. The Balaban J connectivity index is 1.98. The number of nitrogens with zero attached hydrogens (tertiary/aromatic N) is 2. The summed E-state index contributed by atoms with van der Waals surface area (Å²) in [6, 6.07) is 9.69. The van der Waals surface area contributed by atoms with Crippen LogP contribution < -0.4 is 5.56 Å². The van der Waals surface area contributed by atoms with Gasteiger partial charge in [0.1, 0.15) is 4.83 Å². The maximum absolute atomic E-state index is 12.8. The van der Waals surface area contributed by atoms with Crippen LogP contribution in [0.4, 0.5) is 0 Å². The third-order valence-corrected chi connectivity index (χ3v) is 6.08. The second-order valence-corrected chi connectivity index (χ2v) is 7.79. The SMILES string of the molecule is C=CCn1c(SCc2ccc(Cl)cc2)nc2sc(CC)cc2c1=O. The highest BCUT2D eigenvalue weighted by Gasteiger charge is 2.13. The van der Waals surface area contributed by atoms with Crippen molar-refractivity contribution in [3.8, 4) is 0 Å². The molecule has 0 spiro atoms. The molecule has 0 aliphatic rings. The molecule has 0 saturated carbocycles. The van der Waals surface area contributed by atoms with Gasteiger partial charge >= 0.3 is 0 Å². The normalized spacial score (nSPS) is 11.1. The summed E-state index contributed by atoms with van der Waals surface area (Å²) in [5, 5.41) is 2.15. The van der Waals surface area contributed by atoms with Gasteiger partial charge in [0.25, 0.3) is 5.56 Å². The minimum Gasteiger partial charge on any atom is -0.283 e. The first-order chi connectivity index (χ1) is 11.6. The first-order valence-corrected chi connectivity index (χ1v) is 9.81. The molecule has 124 valence electrons. The van der Waals surface area contributed by atoms with E-state index in [0.29, 0.717) is 11.9 Å². The zero-order valence-corrected chi connectivity index (χ0v) is 15.7. The van der Waals surface area contributed by atoms with Crippen LogP contribution in [0.5, 0.6) is 0 Å². The Bertz CT molecular complexity index is 929. The number of hydrogen-bond donors (Lipinski definition) is 0. The van der Waals surface area contributed by atoms with Crippen molar-refractivity contribution in [2.24, 2.45) is 0 Å². The lowest BCUT2D eigenvalue weighted by Crippen LogP contribution is -2.22. The highest BCUT2D eigenvalue weighted by Crippen LogP contribution is 2.27. The second kappa shape index (κ2) is 7.55. The van der Waals surface area contributed by atoms with E-state index < -0.39 is 0 Å². The Labute approximate surface area is 154 Å². The van der Waals surface area contributed by atoms with Gasteiger partial charge in [0.15, 0.2) is 5.16 Å². The molecular weight excluding hydrogens is 360 g/mol. The van der Waals surface area contributed by atoms with Crippen LogP contribution in [0.1, 0.15) is 17.4 Å². The minimum absolute atomic E-state index is 0.00876. The maximum atomic E-state index is 12.8. The number of rotatable bonds is 6. The van der Waals surface area contributed by atoms with E-state index in [2.05, 4.69) is 13.5 Å². The van der Waals surface area contributed by atoms with Crippen molar-refractivity contribution in [1.82, 2.24) is 9.55 Å². The van der Waals surface area contributed by atoms with Crippen molar-refractivity contribution in [1.29, 1.82) is 0 Å². The van der Waals surface area contributed by atoms with Crippen LogP contribution in [0.25, 0.3) is 10.2 Å². The van der Waals surface area contributed by atoms with Gasteiger partial charge in [-0.25, -0.2) is 4.98 Å². The number of benzene rings is 1. The van der Waals surface area contributed by atoms with E-state index in [9.17, 15) is 4.79 Å². The average molecular weight is 377 g/mol. The van der Waals surface area contributed by atoms with Crippen molar-refractivity contribution < 1.29 is 0 Å². The molecule has 2 aromatic heterocycles. The molecule has 0 fully saturated rings. The van der Waals surface area contributed by atoms with Crippen LogP contribution in [0.3, 0.4) is 0 Å². The fourth-order valence-corrected chi connectivity index (χ4v) is 4.45. The molecule has 0 unspecified atom stereocenters. The van der Waals surface area contributed by atoms with Gasteiger partial charge in [-0.05, 0) is 30.2 Å². The van der Waals surface area contributed by atoms with E-state index in [1.807, 2.05) is 30.3 Å². The molecule has 0 atom stereocenters. The Kier molecular flexibility index (Phi) is 5.43. The molecule has 3 aromatic rings. The van der Waals surface area contributed by atoms with Crippen LogP contribution in [-0.4, -0.2) is 9.55 Å². The molecule has 0 N–H and O–H groups in total. The Morgan fingerprint density at radius 2 is 2.12 bits per heavy atom. The van der Waals surface area contributed by atoms with E-state index in [1.54, 1.807) is 33.7 Å². The fourth-order valence-electron chi connectivity index (χ4n) is 2.35. The second-order valence-electron chi connectivity index (χ2n) is 5.30. The summed E-state index contributed by atoms with van der Waals surface area (Å²) < 4.78 is 1.70. The standard InChI is InChI=1S/C18H17ClN2OS2/c1-3-9-21-17(22)15-10-14(4-2)24-16(15)20-18(21)23-11-12-5-7-13(19)8-6-12/h3,5-8,10H,1,4,9,11H2,2H3. The van der Waals surface area contributed by atoms with Gasteiger partial charge in [-0.3, -0.25) is 9.36 Å². The van der Waals surface area contributed by atoms with Gasteiger partial charge < -0.3 is 0 Å². The van der Waals surface area contributed by atoms with E-state index in [-0.39, 0.29) is 5.56 Å². The number of fused-ring (bicyclic) bond motifs is 1. The van der Waals surface area contributed by atoms with Gasteiger partial charge in [-0.15, -0.1) is 17.9 Å². The molecule has 1 aromatic carbocycles. The third kappa shape index (κ3) is 3.58. The average Bonchev–Trinajstić information content (AvgIpc) is 3.01. The Morgan fingerprint density at radius 1 is 1.38 bits per heavy atom. The van der Waals surface area contributed by atoms with Crippen LogP contribution >= 0.6 is 34.7 Å². The summed E-state index contributed by atoms with van der Waals surface area (Å²) in [5.74, 6) is 0.734. The number of thiophene rings is 1. The summed E-state index contributed by atoms with van der Waals surface area (Å²) in [5.41, 5.74) is 1.15. The molecule has 24 heavy (non-hydrogen) atoms. The fraction of sp³-hybridized carbons (Fsp3) is 0.222. The lowest BCUT2D eigenvalue weighted by atomic mass is 10.2. The molecule has 2 heterocycles. The monoisotopic (exact) mass is 376 g/mol. The smallest absolute Gasteiger partial charge is 0.263 e. The molecule has 0 amide bonds. The summed E-state index contributed by atoms with van der Waals surface area (Å²) in [6.07, 6.45) is 2.64. The first-order valence-electron chi connectivity index (χ1n) is 7.63. The zero-order chi connectivity index (χ0) is 17.1. The summed E-state index contributed by atoms with van der Waals surface area (Å²) in [6.45, 7) is 6.31. The van der Waals surface area contributed by atoms with Gasteiger partial charge in [-0.2, -0.15) is 0 Å². The number of halogens is 1. The highest BCUT2D eigenvalue weighted by atomic mass is 35.5. The van der Waals surface area contributed by atoms with Gasteiger partial charge in [0, 0.05) is 22.2 Å². The zero-order valence-electron chi connectivity index (χ0n) is 13.3. The number of aryl methyl sites for hydroxylation is 1. The van der Waals surface area contributed by atoms with Crippen LogP contribution in [0.15, 0.2) is 52.9 Å². The van der Waals surface area contributed by atoms with E-state index in [0.717, 1.165) is 32.7 Å². The van der Waals surface area contributed by atoms with E-state index in [1.165, 1.54) is 4.88 Å². The number of allylic oxidation sites excluding steroid dienone is 1. The van der Waals surface area contributed by atoms with Gasteiger partial charge in [0.05, 0.1) is 5.39 Å². The summed E-state index contributed by atoms with van der Waals surface area (Å²) in [7, 11) is 0. The topological polar surface area (TPSA) is 34.9 Å². The van der Waals surface area contributed by atoms with Crippen molar-refractivity contribution in [3.63, 3.8) is 0 Å². The number of aromatic nitrogens is 2. The Morgan fingerprint density at radius 3 is 2.79 bits per heavy atom. The molecule has 0 aliphatic carbocycles. The Hall–Kier alpha value is -1.56. The highest BCUT2D eigenvalue weighted by molar-refractivity contribution is 7.98. The largest absolute Gasteiger partial charge is 0.283 e. The summed E-state index contributed by atoms with van der Waals surface area (Å²) >= 11 is 9.08. The third-order valence-electron chi connectivity index (χ3n) is 3.61. The van der Waals surface area contributed by atoms with Gasteiger partial charge in [0.2, 0.25) is 0 Å². The maximum Gasteiger partial charge on any atom is 0.263 e. The van der Waals surface area contributed by atoms with Gasteiger partial charge in [-0.1, -0.05) is 48.5 Å². The lowest BCUT2D eigenvalue weighted by Gasteiger charge is -2.10. The van der Waals surface area contributed by atoms with E-state index in [4.69, 9.17) is 16.6 Å². The molecule has 0 saturated heterocycles. The first kappa shape index (κ1) is 17.3. The molecule has 3 rings (SSSR count). The van der Waals surface area contributed by atoms with E-state index >= 15 is 0 Å². The molecule has 0 radical (unpaired) electrons. The van der Waals surface area contributed by atoms with Crippen molar-refractivity contribution in [2.75, 3.05) is 0 Å². The molecule has 6 heteroatoms. The molecular formula is C18H17ClN2OS2. The van der Waals surface area contributed by atoms with Crippen LogP contribution in [0, 0.1) is 0 Å². The van der Waals surface area contributed by atoms with Crippen molar-refractivity contribution >= 4 is 44.9 Å². The predicted octanol–water partition coefficient (Wildman–Crippen LogP) is 5.15. The predicted molar refractivity (Wildman–Crippen MR) is 104 cm³/mol. The van der Waals surface area contributed by atoms with Crippen LogP contribution in [-0.2, 0) is 18.7 Å². The quantitative estimate of drug-likeness (QED) is 0.339. The number of hydrogen-bond acceptors (Lipinski definition) is 4. The summed E-state index contributed by atoms with van der Waals surface area (Å²) in [4.78, 5) is 19.5. The lowest BCUT2D eigenvalue weighted by molar-refractivity contribution is 0.673. The van der Waals surface area contributed by atoms with Crippen molar-refractivity contribution in [3.05, 3.63) is 68.8 Å². The molecule has 0 aliphatic heterocycles. The number of thioether (sulfide) groups is 1. The molecule has 0 bridgehead atoms. The van der Waals surface area contributed by atoms with Crippen LogP contribution in [0.2, 0.25) is 5.02 Å². The minimum atomic E-state index is 0.00876.